The fourth-order valence-electron chi connectivity index (χ4n) is 2.66. The van der Waals surface area contributed by atoms with Gasteiger partial charge in [-0.2, -0.15) is 0 Å². The number of aliphatic hydroxyl groups excluding tert-OH is 1. The lowest BCUT2D eigenvalue weighted by Crippen LogP contribution is -2.42. The molecule has 1 saturated heterocycles. The second-order valence-electron chi connectivity index (χ2n) is 5.71. The molecule has 1 aliphatic carbocycles. The lowest BCUT2D eigenvalue weighted by atomic mass is 9.86. The van der Waals surface area contributed by atoms with E-state index >= 15 is 0 Å². The Hall–Kier alpha value is -1.52. The van der Waals surface area contributed by atoms with Gasteiger partial charge in [0.15, 0.2) is 5.57 Å². The van der Waals surface area contributed by atoms with Crippen LogP contribution >= 0.6 is 0 Å². The van der Waals surface area contributed by atoms with Crippen LogP contribution in [-0.4, -0.2) is 22.8 Å². The number of aliphatic hydroxyl groups is 1. The number of cyclic esters (lactones) is 2. The van der Waals surface area contributed by atoms with Gasteiger partial charge < -0.3 is 14.6 Å². The van der Waals surface area contributed by atoms with Crippen LogP contribution in [0.15, 0.2) is 11.3 Å². The molecule has 2 fully saturated rings. The average molecular weight is 268 g/mol. The number of carbonyl (C=O) groups is 2. The van der Waals surface area contributed by atoms with Gasteiger partial charge in [0.1, 0.15) is 5.76 Å². The van der Waals surface area contributed by atoms with Crippen molar-refractivity contribution in [1.82, 2.24) is 0 Å². The molecule has 0 radical (unpaired) electrons. The maximum absolute atomic E-state index is 11.8. The van der Waals surface area contributed by atoms with Gasteiger partial charge in [-0.15, -0.1) is 0 Å². The highest BCUT2D eigenvalue weighted by Crippen LogP contribution is 2.31. The number of rotatable bonds is 2. The van der Waals surface area contributed by atoms with Crippen molar-refractivity contribution >= 4 is 11.9 Å². The molecular weight excluding hydrogens is 248 g/mol. The van der Waals surface area contributed by atoms with E-state index in [4.69, 9.17) is 9.47 Å². The summed E-state index contributed by atoms with van der Waals surface area (Å²) in [7, 11) is 0. The average Bonchev–Trinajstić information content (AvgIpc) is 2.27. The van der Waals surface area contributed by atoms with Gasteiger partial charge in [-0.3, -0.25) is 0 Å². The quantitative estimate of drug-likeness (QED) is 0.360. The fourth-order valence-corrected chi connectivity index (χ4v) is 2.66. The molecule has 0 aromatic rings. The number of hydrogen-bond acceptors (Lipinski definition) is 5. The maximum atomic E-state index is 11.8. The van der Waals surface area contributed by atoms with Crippen LogP contribution in [0.3, 0.4) is 0 Å². The number of ether oxygens (including phenoxy) is 2. The minimum absolute atomic E-state index is 0.197. The lowest BCUT2D eigenvalue weighted by molar-refractivity contribution is -0.222. The van der Waals surface area contributed by atoms with Crippen molar-refractivity contribution in [1.29, 1.82) is 0 Å². The maximum Gasteiger partial charge on any atom is 0.352 e. The van der Waals surface area contributed by atoms with E-state index in [0.717, 1.165) is 25.7 Å². The van der Waals surface area contributed by atoms with Crippen molar-refractivity contribution in [3.63, 3.8) is 0 Å². The number of hydrogen-bond donors (Lipinski definition) is 1. The van der Waals surface area contributed by atoms with Crippen LogP contribution in [0, 0.1) is 5.92 Å². The molecule has 2 aliphatic rings. The molecule has 1 saturated carbocycles. The lowest BCUT2D eigenvalue weighted by Gasteiger charge is -2.30. The number of allylic oxidation sites excluding steroid dienone is 1. The third-order valence-electron chi connectivity index (χ3n) is 3.58. The van der Waals surface area contributed by atoms with Crippen LogP contribution in [0.5, 0.6) is 0 Å². The summed E-state index contributed by atoms with van der Waals surface area (Å²) in [6.07, 6.45) is 5.87. The zero-order valence-corrected chi connectivity index (χ0v) is 11.4. The minimum Gasteiger partial charge on any atom is -0.511 e. The van der Waals surface area contributed by atoms with Crippen molar-refractivity contribution in [2.45, 2.75) is 58.2 Å². The molecule has 0 aromatic heterocycles. The Bertz CT molecular complexity index is 394. The van der Waals surface area contributed by atoms with E-state index in [1.54, 1.807) is 0 Å². The molecule has 5 heteroatoms. The number of esters is 2. The minimum atomic E-state index is -1.26. The van der Waals surface area contributed by atoms with E-state index in [9.17, 15) is 14.7 Å². The van der Waals surface area contributed by atoms with Gasteiger partial charge in [-0.25, -0.2) is 9.59 Å². The summed E-state index contributed by atoms with van der Waals surface area (Å²) in [5.41, 5.74) is -0.343. The predicted octanol–water partition coefficient (Wildman–Crippen LogP) is 2.61. The Labute approximate surface area is 112 Å². The monoisotopic (exact) mass is 268 g/mol. The van der Waals surface area contributed by atoms with Crippen LogP contribution in [0.4, 0.5) is 0 Å². The molecule has 5 nitrogen and oxygen atoms in total. The summed E-state index contributed by atoms with van der Waals surface area (Å²) in [6.45, 7) is 2.97. The highest BCUT2D eigenvalue weighted by Gasteiger charge is 2.41. The predicted molar refractivity (Wildman–Crippen MR) is 67.1 cm³/mol. The zero-order chi connectivity index (χ0) is 14.0. The Balaban J connectivity index is 2.11. The first kappa shape index (κ1) is 13.9. The van der Waals surface area contributed by atoms with E-state index in [-0.39, 0.29) is 11.3 Å². The fraction of sp³-hybridized carbons (Fsp3) is 0.714. The van der Waals surface area contributed by atoms with Gasteiger partial charge in [-0.1, -0.05) is 32.1 Å². The van der Waals surface area contributed by atoms with Gasteiger partial charge in [0.05, 0.1) is 0 Å². The second-order valence-corrected chi connectivity index (χ2v) is 5.71. The molecule has 0 aromatic carbocycles. The van der Waals surface area contributed by atoms with E-state index < -0.39 is 17.7 Å². The molecule has 1 heterocycles. The van der Waals surface area contributed by atoms with Crippen molar-refractivity contribution in [3.8, 4) is 0 Å². The Morgan fingerprint density at radius 2 is 1.68 bits per heavy atom. The molecule has 106 valence electrons. The van der Waals surface area contributed by atoms with Gasteiger partial charge >= 0.3 is 11.9 Å². The Kier molecular flexibility index (Phi) is 3.83. The first-order valence-corrected chi connectivity index (χ1v) is 6.78. The van der Waals surface area contributed by atoms with Crippen LogP contribution in [0.2, 0.25) is 0 Å². The Morgan fingerprint density at radius 3 is 2.21 bits per heavy atom. The molecule has 1 aliphatic heterocycles. The first-order chi connectivity index (χ1) is 8.89. The molecular formula is C14H20O5. The van der Waals surface area contributed by atoms with Gasteiger partial charge in [-0.05, 0) is 5.92 Å². The van der Waals surface area contributed by atoms with E-state index in [0.29, 0.717) is 12.3 Å². The highest BCUT2D eigenvalue weighted by molar-refractivity contribution is 6.15. The summed E-state index contributed by atoms with van der Waals surface area (Å²) in [6, 6.07) is 0. The van der Waals surface area contributed by atoms with Gasteiger partial charge in [0.25, 0.3) is 5.79 Å². The van der Waals surface area contributed by atoms with Crippen molar-refractivity contribution in [2.75, 3.05) is 0 Å². The smallest absolute Gasteiger partial charge is 0.352 e. The molecule has 0 bridgehead atoms. The van der Waals surface area contributed by atoms with Crippen LogP contribution in [0.1, 0.15) is 52.4 Å². The third-order valence-corrected chi connectivity index (χ3v) is 3.58. The van der Waals surface area contributed by atoms with E-state index in [1.165, 1.54) is 20.3 Å². The van der Waals surface area contributed by atoms with Crippen molar-refractivity contribution in [2.24, 2.45) is 5.92 Å². The van der Waals surface area contributed by atoms with Gasteiger partial charge in [0.2, 0.25) is 0 Å². The highest BCUT2D eigenvalue weighted by atomic mass is 16.7. The molecule has 0 amide bonds. The van der Waals surface area contributed by atoms with Gasteiger partial charge in [0, 0.05) is 20.3 Å². The molecule has 2 rings (SSSR count). The Morgan fingerprint density at radius 1 is 1.16 bits per heavy atom. The summed E-state index contributed by atoms with van der Waals surface area (Å²) >= 11 is 0. The molecule has 1 N–H and O–H groups in total. The standard InChI is InChI=1S/C14H20O5/c1-14(2)18-12(16)11(13(17)19-14)10(15)8-9-6-4-3-5-7-9/h9,15H,3-8H2,1-2H3. The normalized spacial score (nSPS) is 23.8. The summed E-state index contributed by atoms with van der Waals surface area (Å²) < 4.78 is 9.93. The van der Waals surface area contributed by atoms with Crippen LogP contribution < -0.4 is 0 Å². The first-order valence-electron chi connectivity index (χ1n) is 6.78. The zero-order valence-electron chi connectivity index (χ0n) is 11.4. The topological polar surface area (TPSA) is 72.8 Å². The number of carbonyl (C=O) groups excluding carboxylic acids is 2. The van der Waals surface area contributed by atoms with Crippen molar-refractivity contribution in [3.05, 3.63) is 11.3 Å². The largest absolute Gasteiger partial charge is 0.511 e. The van der Waals surface area contributed by atoms with E-state index in [1.807, 2.05) is 0 Å². The summed E-state index contributed by atoms with van der Waals surface area (Å²) in [4.78, 5) is 23.5. The van der Waals surface area contributed by atoms with Crippen LogP contribution in [-0.2, 0) is 19.1 Å². The van der Waals surface area contributed by atoms with Crippen LogP contribution in [0.25, 0.3) is 0 Å². The molecule has 19 heavy (non-hydrogen) atoms. The van der Waals surface area contributed by atoms with E-state index in [2.05, 4.69) is 0 Å². The second kappa shape index (κ2) is 5.23. The van der Waals surface area contributed by atoms with Crippen molar-refractivity contribution < 1.29 is 24.2 Å². The molecule has 0 atom stereocenters. The summed E-state index contributed by atoms with van der Waals surface area (Å²) in [5, 5.41) is 10.0. The molecule has 0 unspecified atom stereocenters. The summed E-state index contributed by atoms with van der Waals surface area (Å²) in [5.74, 6) is -2.72. The molecule has 0 spiro atoms. The SMILES string of the molecule is CC1(C)OC(=O)C(=C(O)CC2CCCCC2)C(=O)O1. The third kappa shape index (κ3) is 3.28.